The maximum Gasteiger partial charge on any atom is 0.328 e. The van der Waals surface area contributed by atoms with Crippen molar-refractivity contribution in [3.8, 4) is 0 Å². The maximum absolute atomic E-state index is 12.3. The zero-order valence-electron chi connectivity index (χ0n) is 16.8. The van der Waals surface area contributed by atoms with Gasteiger partial charge in [-0.25, -0.2) is 4.79 Å². The third-order valence-corrected chi connectivity index (χ3v) is 4.62. The van der Waals surface area contributed by atoms with Gasteiger partial charge >= 0.3 is 11.9 Å². The number of ether oxygens (including phenoxy) is 2. The number of esters is 2. The van der Waals surface area contributed by atoms with E-state index in [9.17, 15) is 24.0 Å². The van der Waals surface area contributed by atoms with E-state index in [0.717, 1.165) is 12.7 Å². The number of benzene rings is 1. The first kappa shape index (κ1) is 22.9. The summed E-state index contributed by atoms with van der Waals surface area (Å²) in [5, 5.41) is 7.59. The first-order chi connectivity index (χ1) is 14.3. The lowest BCUT2D eigenvalue weighted by molar-refractivity contribution is -0.146. The van der Waals surface area contributed by atoms with Crippen LogP contribution in [0.5, 0.6) is 0 Å². The van der Waals surface area contributed by atoms with Crippen molar-refractivity contribution in [1.82, 2.24) is 16.0 Å². The summed E-state index contributed by atoms with van der Waals surface area (Å²) >= 11 is 0. The van der Waals surface area contributed by atoms with E-state index in [0.29, 0.717) is 6.42 Å². The molecular formula is C20H25N3O7. The Morgan fingerprint density at radius 1 is 1.00 bits per heavy atom. The minimum atomic E-state index is -1.07. The van der Waals surface area contributed by atoms with Crippen LogP contribution >= 0.6 is 0 Å². The molecule has 0 aliphatic carbocycles. The molecule has 0 spiro atoms. The lowest BCUT2D eigenvalue weighted by Crippen LogP contribution is -2.63. The van der Waals surface area contributed by atoms with E-state index in [-0.39, 0.29) is 19.3 Å². The van der Waals surface area contributed by atoms with E-state index < -0.39 is 47.8 Å². The van der Waals surface area contributed by atoms with Crippen LogP contribution in [0, 0.1) is 0 Å². The highest BCUT2D eigenvalue weighted by atomic mass is 16.5. The summed E-state index contributed by atoms with van der Waals surface area (Å²) in [7, 11) is 2.37. The van der Waals surface area contributed by atoms with Gasteiger partial charge in [0.05, 0.1) is 20.6 Å². The Morgan fingerprint density at radius 2 is 1.63 bits per heavy atom. The SMILES string of the molecule is COC(=O)CC[C@@H](NC(=O)C[C@@H]1NC(=O)[C@H](Cc2ccccc2)NC1=O)C(=O)OC. The topological polar surface area (TPSA) is 140 Å². The van der Waals surface area contributed by atoms with Gasteiger partial charge in [-0.3, -0.25) is 19.2 Å². The van der Waals surface area contributed by atoms with Crippen LogP contribution in [0.2, 0.25) is 0 Å². The zero-order valence-corrected chi connectivity index (χ0v) is 16.8. The van der Waals surface area contributed by atoms with Crippen molar-refractivity contribution in [1.29, 1.82) is 0 Å². The van der Waals surface area contributed by atoms with Crippen molar-refractivity contribution < 1.29 is 33.4 Å². The molecule has 2 rings (SSSR count). The number of methoxy groups -OCH3 is 2. The summed E-state index contributed by atoms with van der Waals surface area (Å²) in [5.41, 5.74) is 0.890. The Hall–Kier alpha value is -3.43. The molecule has 3 N–H and O–H groups in total. The number of carbonyl (C=O) groups is 5. The van der Waals surface area contributed by atoms with Gasteiger partial charge < -0.3 is 25.4 Å². The number of nitrogens with one attached hydrogen (secondary N) is 3. The fourth-order valence-corrected chi connectivity index (χ4v) is 3.01. The standard InChI is InChI=1S/C20H25N3O7/c1-29-17(25)9-8-13(20(28)30-2)21-16(24)11-15-19(27)22-14(18(26)23-15)10-12-6-4-3-5-7-12/h3-7,13-15H,8-11H2,1-2H3,(H,21,24)(H,22,27)(H,23,26)/t13-,14+,15+/m1/s1. The average Bonchev–Trinajstić information content (AvgIpc) is 2.74. The van der Waals surface area contributed by atoms with Crippen LogP contribution in [-0.4, -0.2) is 62.0 Å². The van der Waals surface area contributed by atoms with E-state index in [1.807, 2.05) is 30.3 Å². The largest absolute Gasteiger partial charge is 0.469 e. The van der Waals surface area contributed by atoms with Gasteiger partial charge in [-0.2, -0.15) is 0 Å². The molecule has 10 heteroatoms. The summed E-state index contributed by atoms with van der Waals surface area (Å²) in [6.45, 7) is 0. The fraction of sp³-hybridized carbons (Fsp3) is 0.450. The number of hydrogen-bond donors (Lipinski definition) is 3. The van der Waals surface area contributed by atoms with Crippen LogP contribution in [0.1, 0.15) is 24.8 Å². The quantitative estimate of drug-likeness (QED) is 0.446. The Kier molecular flexibility index (Phi) is 8.33. The van der Waals surface area contributed by atoms with Crippen LogP contribution in [0.25, 0.3) is 0 Å². The summed E-state index contributed by atoms with van der Waals surface area (Å²) < 4.78 is 9.14. The zero-order chi connectivity index (χ0) is 22.1. The third kappa shape index (κ3) is 6.57. The van der Waals surface area contributed by atoms with Gasteiger partial charge in [-0.15, -0.1) is 0 Å². The van der Waals surface area contributed by atoms with Crippen LogP contribution in [-0.2, 0) is 39.9 Å². The van der Waals surface area contributed by atoms with Crippen LogP contribution in [0.3, 0.4) is 0 Å². The Bertz CT molecular complexity index is 797. The Balaban J connectivity index is 1.91. The summed E-state index contributed by atoms with van der Waals surface area (Å²) in [6, 6.07) is 6.34. The molecule has 0 bridgehead atoms. The molecule has 162 valence electrons. The first-order valence-electron chi connectivity index (χ1n) is 9.42. The van der Waals surface area contributed by atoms with Crippen molar-refractivity contribution >= 4 is 29.7 Å². The van der Waals surface area contributed by atoms with E-state index in [1.165, 1.54) is 7.11 Å². The number of hydrogen-bond acceptors (Lipinski definition) is 7. The van der Waals surface area contributed by atoms with Crippen molar-refractivity contribution in [3.63, 3.8) is 0 Å². The monoisotopic (exact) mass is 419 g/mol. The minimum Gasteiger partial charge on any atom is -0.469 e. The van der Waals surface area contributed by atoms with Crippen molar-refractivity contribution in [2.75, 3.05) is 14.2 Å². The molecule has 3 atom stereocenters. The molecule has 1 heterocycles. The number of piperazine rings is 1. The van der Waals surface area contributed by atoms with Gasteiger partial charge in [-0.1, -0.05) is 30.3 Å². The molecule has 10 nitrogen and oxygen atoms in total. The van der Waals surface area contributed by atoms with E-state index in [1.54, 1.807) is 0 Å². The maximum atomic E-state index is 12.3. The first-order valence-corrected chi connectivity index (χ1v) is 9.42. The average molecular weight is 419 g/mol. The van der Waals surface area contributed by atoms with Crippen LogP contribution < -0.4 is 16.0 Å². The van der Waals surface area contributed by atoms with Gasteiger partial charge in [0.25, 0.3) is 0 Å². The second-order valence-electron chi connectivity index (χ2n) is 6.77. The van der Waals surface area contributed by atoms with E-state index in [2.05, 4.69) is 25.4 Å². The Labute approximate surface area is 173 Å². The second-order valence-corrected chi connectivity index (χ2v) is 6.77. The number of rotatable bonds is 9. The highest BCUT2D eigenvalue weighted by Crippen LogP contribution is 2.09. The van der Waals surface area contributed by atoms with Crippen LogP contribution in [0.4, 0.5) is 0 Å². The van der Waals surface area contributed by atoms with Gasteiger partial charge in [-0.05, 0) is 12.0 Å². The molecular weight excluding hydrogens is 394 g/mol. The molecule has 0 unspecified atom stereocenters. The second kappa shape index (κ2) is 10.9. The van der Waals surface area contributed by atoms with Crippen molar-refractivity contribution in [2.45, 2.75) is 43.8 Å². The molecule has 1 aliphatic rings. The van der Waals surface area contributed by atoms with Gasteiger partial charge in [0.2, 0.25) is 17.7 Å². The summed E-state index contributed by atoms with van der Waals surface area (Å²) in [4.78, 5) is 60.1. The smallest absolute Gasteiger partial charge is 0.328 e. The molecule has 3 amide bonds. The van der Waals surface area contributed by atoms with E-state index >= 15 is 0 Å². The predicted octanol–water partition coefficient (Wildman–Crippen LogP) is -0.787. The highest BCUT2D eigenvalue weighted by molar-refractivity contribution is 5.99. The lowest BCUT2D eigenvalue weighted by Gasteiger charge is -2.29. The molecule has 0 saturated carbocycles. The molecule has 1 saturated heterocycles. The lowest BCUT2D eigenvalue weighted by atomic mass is 10.0. The van der Waals surface area contributed by atoms with Crippen molar-refractivity contribution in [2.24, 2.45) is 0 Å². The Morgan fingerprint density at radius 3 is 2.27 bits per heavy atom. The van der Waals surface area contributed by atoms with Gasteiger partial charge in [0, 0.05) is 12.8 Å². The predicted molar refractivity (Wildman–Crippen MR) is 104 cm³/mol. The molecule has 0 aromatic heterocycles. The summed E-state index contributed by atoms with van der Waals surface area (Å²) in [6.07, 6.45) is -0.150. The van der Waals surface area contributed by atoms with Gasteiger partial charge in [0.1, 0.15) is 18.1 Å². The van der Waals surface area contributed by atoms with E-state index in [4.69, 9.17) is 0 Å². The molecule has 1 aromatic rings. The number of amides is 3. The van der Waals surface area contributed by atoms with Crippen molar-refractivity contribution in [3.05, 3.63) is 35.9 Å². The van der Waals surface area contributed by atoms with Crippen LogP contribution in [0.15, 0.2) is 30.3 Å². The fourth-order valence-electron chi connectivity index (χ4n) is 3.01. The minimum absolute atomic E-state index is 0.0204. The molecule has 30 heavy (non-hydrogen) atoms. The third-order valence-electron chi connectivity index (χ3n) is 4.62. The highest BCUT2D eigenvalue weighted by Gasteiger charge is 2.35. The summed E-state index contributed by atoms with van der Waals surface area (Å²) in [5.74, 6) is -2.80. The normalized spacial score (nSPS) is 19.1. The number of carbonyl (C=O) groups excluding carboxylic acids is 5. The molecule has 1 fully saturated rings. The molecule has 1 aromatic carbocycles. The molecule has 0 radical (unpaired) electrons. The van der Waals surface area contributed by atoms with Gasteiger partial charge in [0.15, 0.2) is 0 Å². The molecule has 1 aliphatic heterocycles.